The first-order chi connectivity index (χ1) is 15.8. The molecule has 1 aliphatic carbocycles. The molecule has 4 rings (SSSR count). The fraction of sp³-hybridized carbons (Fsp3) is 0.636. The predicted octanol–water partition coefficient (Wildman–Crippen LogP) is 0.278. The molecule has 11 heteroatoms. The molecule has 2 saturated heterocycles. The highest BCUT2D eigenvalue weighted by atomic mass is 32.2. The molecule has 0 aromatic carbocycles. The Morgan fingerprint density at radius 3 is 2.82 bits per heavy atom. The van der Waals surface area contributed by atoms with Gasteiger partial charge in [-0.2, -0.15) is 4.98 Å². The Kier molecular flexibility index (Phi) is 7.65. The van der Waals surface area contributed by atoms with Crippen LogP contribution in [0.5, 0.6) is 0 Å². The van der Waals surface area contributed by atoms with E-state index in [2.05, 4.69) is 55.4 Å². The first-order valence-electron chi connectivity index (χ1n) is 11.6. The van der Waals surface area contributed by atoms with Gasteiger partial charge in [0.15, 0.2) is 0 Å². The molecule has 10 nitrogen and oxygen atoms in total. The van der Waals surface area contributed by atoms with E-state index >= 15 is 0 Å². The van der Waals surface area contributed by atoms with Gasteiger partial charge in [-0.15, -0.1) is 0 Å². The molecule has 33 heavy (non-hydrogen) atoms. The number of aromatic nitrogens is 2. The molecule has 0 bridgehead atoms. The third kappa shape index (κ3) is 6.10. The van der Waals surface area contributed by atoms with Crippen molar-refractivity contribution in [2.45, 2.75) is 32.0 Å². The van der Waals surface area contributed by atoms with Crippen LogP contribution in [0.1, 0.15) is 19.4 Å². The van der Waals surface area contributed by atoms with Crippen molar-refractivity contribution < 1.29 is 13.2 Å². The standard InChI is InChI=1S/C22H35N7O3S/c1-16(2)27-33(30,31)13-8-24-21-18(15-25-22(26-21)29-9-6-23-7-10-29)17-4-5-19-20(14-17)32-12-11-28(19)3/h4-5,14-16,19-20,23,27H,6-13H2,1-3H3,(H,24,25,26). The molecule has 182 valence electrons. The topological polar surface area (TPSA) is 112 Å². The van der Waals surface area contributed by atoms with Crippen molar-refractivity contribution in [3.63, 3.8) is 0 Å². The Labute approximate surface area is 196 Å². The highest BCUT2D eigenvalue weighted by Crippen LogP contribution is 2.31. The molecule has 1 aromatic heterocycles. The third-order valence-corrected chi connectivity index (χ3v) is 7.55. The summed E-state index contributed by atoms with van der Waals surface area (Å²) in [5.74, 6) is 1.25. The minimum Gasteiger partial charge on any atom is -0.371 e. The highest BCUT2D eigenvalue weighted by Gasteiger charge is 2.30. The van der Waals surface area contributed by atoms with E-state index in [0.717, 1.165) is 43.9 Å². The zero-order chi connectivity index (χ0) is 23.4. The summed E-state index contributed by atoms with van der Waals surface area (Å²) in [6.07, 6.45) is 8.16. The minimum atomic E-state index is -3.37. The van der Waals surface area contributed by atoms with Crippen molar-refractivity contribution in [3.05, 3.63) is 30.0 Å². The number of morpholine rings is 1. The predicted molar refractivity (Wildman–Crippen MR) is 131 cm³/mol. The van der Waals surface area contributed by atoms with Crippen LogP contribution in [0.2, 0.25) is 0 Å². The normalized spacial score (nSPS) is 24.0. The molecule has 2 unspecified atom stereocenters. The Morgan fingerprint density at radius 1 is 1.27 bits per heavy atom. The molecule has 0 saturated carbocycles. The molecular weight excluding hydrogens is 442 g/mol. The monoisotopic (exact) mass is 477 g/mol. The summed E-state index contributed by atoms with van der Waals surface area (Å²) >= 11 is 0. The van der Waals surface area contributed by atoms with Crippen molar-refractivity contribution in [2.75, 3.05) is 68.9 Å². The molecule has 1 aromatic rings. The van der Waals surface area contributed by atoms with E-state index in [1.54, 1.807) is 0 Å². The van der Waals surface area contributed by atoms with E-state index in [9.17, 15) is 8.42 Å². The van der Waals surface area contributed by atoms with Crippen LogP contribution in [0.15, 0.2) is 24.4 Å². The second-order valence-electron chi connectivity index (χ2n) is 8.98. The zero-order valence-electron chi connectivity index (χ0n) is 19.6. The number of hydrogen-bond acceptors (Lipinski definition) is 9. The number of likely N-dealkylation sites (N-methyl/N-ethyl adjacent to an activating group) is 1. The molecule has 0 radical (unpaired) electrons. The number of rotatable bonds is 8. The van der Waals surface area contributed by atoms with Crippen LogP contribution in [-0.4, -0.2) is 100 Å². The van der Waals surface area contributed by atoms with E-state index in [4.69, 9.17) is 9.72 Å². The van der Waals surface area contributed by atoms with Gasteiger partial charge in [0.1, 0.15) is 5.82 Å². The van der Waals surface area contributed by atoms with Gasteiger partial charge in [-0.25, -0.2) is 18.1 Å². The quantitative estimate of drug-likeness (QED) is 0.486. The van der Waals surface area contributed by atoms with Crippen LogP contribution in [0.25, 0.3) is 5.57 Å². The second kappa shape index (κ2) is 10.5. The number of nitrogens with zero attached hydrogens (tertiary/aromatic N) is 4. The number of hydrogen-bond donors (Lipinski definition) is 3. The minimum absolute atomic E-state index is 0.0277. The van der Waals surface area contributed by atoms with E-state index in [1.165, 1.54) is 0 Å². The number of allylic oxidation sites excluding steroid dienone is 2. The van der Waals surface area contributed by atoms with Crippen LogP contribution < -0.4 is 20.3 Å². The summed E-state index contributed by atoms with van der Waals surface area (Å²) in [5, 5.41) is 6.60. The van der Waals surface area contributed by atoms with Crippen molar-refractivity contribution in [3.8, 4) is 0 Å². The maximum atomic E-state index is 12.3. The van der Waals surface area contributed by atoms with Crippen molar-refractivity contribution in [1.82, 2.24) is 24.9 Å². The van der Waals surface area contributed by atoms with Crippen LogP contribution in [0.4, 0.5) is 11.8 Å². The van der Waals surface area contributed by atoms with E-state index in [-0.39, 0.29) is 30.5 Å². The molecular formula is C22H35N7O3S. The number of anilines is 2. The maximum absolute atomic E-state index is 12.3. The third-order valence-electron chi connectivity index (χ3n) is 5.98. The van der Waals surface area contributed by atoms with Gasteiger partial charge in [0.2, 0.25) is 16.0 Å². The van der Waals surface area contributed by atoms with Gasteiger partial charge >= 0.3 is 0 Å². The van der Waals surface area contributed by atoms with Gasteiger partial charge in [0.05, 0.1) is 24.5 Å². The molecule has 0 spiro atoms. The lowest BCUT2D eigenvalue weighted by atomic mass is 9.94. The van der Waals surface area contributed by atoms with Crippen molar-refractivity contribution in [1.29, 1.82) is 0 Å². The molecule has 2 aliphatic heterocycles. The van der Waals surface area contributed by atoms with E-state index in [0.29, 0.717) is 18.4 Å². The fourth-order valence-electron chi connectivity index (χ4n) is 4.31. The van der Waals surface area contributed by atoms with Gasteiger partial charge in [-0.05, 0) is 32.5 Å². The van der Waals surface area contributed by atoms with Crippen LogP contribution in [-0.2, 0) is 14.8 Å². The first-order valence-corrected chi connectivity index (χ1v) is 13.3. The number of sulfonamides is 1. The van der Waals surface area contributed by atoms with E-state index in [1.807, 2.05) is 20.0 Å². The van der Waals surface area contributed by atoms with Gasteiger partial charge in [0.25, 0.3) is 0 Å². The summed E-state index contributed by atoms with van der Waals surface area (Å²) in [4.78, 5) is 13.9. The SMILES string of the molecule is CC(C)NS(=O)(=O)CCNc1nc(N2CCNCC2)ncc1C1=CC2OCCN(C)C2C=C1. The van der Waals surface area contributed by atoms with Crippen LogP contribution >= 0.6 is 0 Å². The van der Waals surface area contributed by atoms with Gasteiger partial charge in [-0.1, -0.05) is 12.2 Å². The van der Waals surface area contributed by atoms with Gasteiger partial charge < -0.3 is 20.3 Å². The molecule has 3 heterocycles. The molecule has 2 fully saturated rings. The summed E-state index contributed by atoms with van der Waals surface area (Å²) in [7, 11) is -1.27. The van der Waals surface area contributed by atoms with Crippen molar-refractivity contribution in [2.24, 2.45) is 0 Å². The number of nitrogens with one attached hydrogen (secondary N) is 3. The summed E-state index contributed by atoms with van der Waals surface area (Å²) in [5.41, 5.74) is 1.82. The molecule has 2 atom stereocenters. The number of ether oxygens (including phenoxy) is 1. The fourth-order valence-corrected chi connectivity index (χ4v) is 5.51. The smallest absolute Gasteiger partial charge is 0.227 e. The van der Waals surface area contributed by atoms with Crippen LogP contribution in [0, 0.1) is 0 Å². The Morgan fingerprint density at radius 2 is 2.06 bits per heavy atom. The van der Waals surface area contributed by atoms with E-state index < -0.39 is 10.0 Å². The second-order valence-corrected chi connectivity index (χ2v) is 10.8. The lowest BCUT2D eigenvalue weighted by Gasteiger charge is -2.38. The Hall–Kier alpha value is -2.05. The van der Waals surface area contributed by atoms with Crippen molar-refractivity contribution >= 4 is 27.4 Å². The Bertz CT molecular complexity index is 990. The maximum Gasteiger partial charge on any atom is 0.227 e. The first kappa shape index (κ1) is 24.1. The van der Waals surface area contributed by atoms with Crippen LogP contribution in [0.3, 0.4) is 0 Å². The Balaban J connectivity index is 1.57. The summed E-state index contributed by atoms with van der Waals surface area (Å²) in [6, 6.07) is 0.0789. The molecule has 3 N–H and O–H groups in total. The summed E-state index contributed by atoms with van der Waals surface area (Å²) < 4.78 is 33.2. The number of piperazine rings is 1. The average Bonchev–Trinajstić information content (AvgIpc) is 2.78. The molecule has 3 aliphatic rings. The highest BCUT2D eigenvalue weighted by molar-refractivity contribution is 7.89. The number of fused-ring (bicyclic) bond motifs is 1. The molecule has 0 amide bonds. The zero-order valence-corrected chi connectivity index (χ0v) is 20.4. The van der Waals surface area contributed by atoms with Gasteiger partial charge in [0, 0.05) is 57.1 Å². The van der Waals surface area contributed by atoms with Gasteiger partial charge in [-0.3, -0.25) is 4.90 Å². The largest absolute Gasteiger partial charge is 0.371 e. The lowest BCUT2D eigenvalue weighted by molar-refractivity contribution is -0.0202. The average molecular weight is 478 g/mol. The summed E-state index contributed by atoms with van der Waals surface area (Å²) in [6.45, 7) is 8.90. The lowest BCUT2D eigenvalue weighted by Crippen LogP contribution is -2.48.